The summed E-state index contributed by atoms with van der Waals surface area (Å²) in [4.78, 5) is 14.0. The van der Waals surface area contributed by atoms with Gasteiger partial charge in [0.2, 0.25) is 0 Å². The number of nitrogens with zero attached hydrogens (tertiary/aromatic N) is 2. The molecule has 0 saturated carbocycles. The zero-order valence-electron chi connectivity index (χ0n) is 5.40. The van der Waals surface area contributed by atoms with E-state index in [0.717, 1.165) is 16.5 Å². The number of rotatable bonds is 3. The van der Waals surface area contributed by atoms with Crippen LogP contribution in [0.3, 0.4) is 0 Å². The van der Waals surface area contributed by atoms with Crippen LogP contribution >= 0.6 is 23.3 Å². The van der Waals surface area contributed by atoms with Crippen molar-refractivity contribution in [2.24, 2.45) is 0 Å². The fourth-order valence-electron chi connectivity index (χ4n) is 0.442. The van der Waals surface area contributed by atoms with Crippen LogP contribution in [0.4, 0.5) is 0 Å². The molecule has 0 saturated heterocycles. The Balaban J connectivity index is 2.49. The van der Waals surface area contributed by atoms with E-state index in [4.69, 9.17) is 0 Å². The maximum atomic E-state index is 9.92. The van der Waals surface area contributed by atoms with Crippen LogP contribution in [0.1, 0.15) is 5.82 Å². The zero-order chi connectivity index (χ0) is 7.40. The summed E-state index contributed by atoms with van der Waals surface area (Å²) in [7, 11) is 0. The van der Waals surface area contributed by atoms with Crippen LogP contribution in [-0.2, 0) is 4.79 Å². The van der Waals surface area contributed by atoms with E-state index in [1.165, 1.54) is 23.3 Å². The maximum absolute atomic E-state index is 9.92. The molecule has 3 nitrogen and oxygen atoms in total. The molecule has 0 unspecified atom stereocenters. The third kappa shape index (κ3) is 2.07. The molecule has 0 amide bonds. The van der Waals surface area contributed by atoms with Crippen molar-refractivity contribution in [1.82, 2.24) is 9.36 Å². The van der Waals surface area contributed by atoms with Gasteiger partial charge in [0.25, 0.3) is 0 Å². The molecule has 0 fully saturated rings. The highest BCUT2D eigenvalue weighted by Gasteiger charge is 1.98. The summed E-state index contributed by atoms with van der Waals surface area (Å²) in [6.07, 6.45) is 0.862. The number of aromatic nitrogens is 2. The Hall–Kier alpha value is -0.420. The molecule has 1 heterocycles. The van der Waals surface area contributed by atoms with Gasteiger partial charge in [0, 0.05) is 0 Å². The van der Waals surface area contributed by atoms with Gasteiger partial charge >= 0.3 is 0 Å². The monoisotopic (exact) mass is 174 g/mol. The van der Waals surface area contributed by atoms with Crippen molar-refractivity contribution in [3.63, 3.8) is 0 Å². The lowest BCUT2D eigenvalue weighted by atomic mass is 10.8. The summed E-state index contributed by atoms with van der Waals surface area (Å²) in [5, 5.41) is 0. The van der Waals surface area contributed by atoms with Gasteiger partial charge in [-0.1, -0.05) is 11.8 Å². The predicted octanol–water partition coefficient (Wildman–Crippen LogP) is 1.14. The highest BCUT2D eigenvalue weighted by molar-refractivity contribution is 8.01. The molecular formula is C5H6N2OS2. The number of carbonyl (C=O) groups excluding carboxylic acids is 1. The second-order valence-corrected chi connectivity index (χ2v) is 3.60. The van der Waals surface area contributed by atoms with E-state index in [2.05, 4.69) is 9.36 Å². The maximum Gasteiger partial charge on any atom is 0.170 e. The van der Waals surface area contributed by atoms with E-state index >= 15 is 0 Å². The van der Waals surface area contributed by atoms with E-state index in [1.807, 2.05) is 6.92 Å². The summed E-state index contributed by atoms with van der Waals surface area (Å²) in [5.74, 6) is 1.24. The number of aryl methyl sites for hydroxylation is 1. The van der Waals surface area contributed by atoms with Gasteiger partial charge in [0.15, 0.2) is 4.34 Å². The Morgan fingerprint density at radius 2 is 2.60 bits per heavy atom. The van der Waals surface area contributed by atoms with Gasteiger partial charge in [-0.2, -0.15) is 4.37 Å². The molecule has 1 aromatic heterocycles. The number of hydrogen-bond acceptors (Lipinski definition) is 5. The fourth-order valence-corrected chi connectivity index (χ4v) is 1.80. The van der Waals surface area contributed by atoms with E-state index in [9.17, 15) is 4.79 Å². The molecule has 0 aliphatic rings. The summed E-state index contributed by atoms with van der Waals surface area (Å²) in [5.41, 5.74) is 0. The molecular weight excluding hydrogens is 168 g/mol. The number of carbonyl (C=O) groups is 1. The lowest BCUT2D eigenvalue weighted by molar-refractivity contribution is -0.105. The van der Waals surface area contributed by atoms with Gasteiger partial charge in [0.1, 0.15) is 12.1 Å². The van der Waals surface area contributed by atoms with Gasteiger partial charge in [-0.15, -0.1) is 0 Å². The average molecular weight is 174 g/mol. The number of aldehydes is 1. The summed E-state index contributed by atoms with van der Waals surface area (Å²) >= 11 is 2.75. The first kappa shape index (κ1) is 7.68. The first-order valence-corrected chi connectivity index (χ1v) is 4.45. The Morgan fingerprint density at radius 3 is 3.10 bits per heavy atom. The Morgan fingerprint density at radius 1 is 1.80 bits per heavy atom. The Labute approximate surface area is 67.0 Å². The van der Waals surface area contributed by atoms with Crippen LogP contribution in [0.25, 0.3) is 0 Å². The third-order valence-corrected chi connectivity index (χ3v) is 2.60. The smallest absolute Gasteiger partial charge is 0.170 e. The minimum absolute atomic E-state index is 0.467. The van der Waals surface area contributed by atoms with Crippen LogP contribution in [-0.4, -0.2) is 21.4 Å². The van der Waals surface area contributed by atoms with Gasteiger partial charge in [-0.25, -0.2) is 4.98 Å². The van der Waals surface area contributed by atoms with E-state index in [0.29, 0.717) is 5.75 Å². The van der Waals surface area contributed by atoms with Crippen LogP contribution in [0.2, 0.25) is 0 Å². The van der Waals surface area contributed by atoms with Crippen LogP contribution in [0.5, 0.6) is 0 Å². The normalized spacial score (nSPS) is 9.70. The summed E-state index contributed by atoms with van der Waals surface area (Å²) < 4.78 is 4.83. The minimum Gasteiger partial charge on any atom is -0.302 e. The quantitative estimate of drug-likeness (QED) is 0.509. The molecule has 0 aromatic carbocycles. The summed E-state index contributed by atoms with van der Waals surface area (Å²) in [6.45, 7) is 1.83. The lowest BCUT2D eigenvalue weighted by Gasteiger charge is -1.83. The number of hydrogen-bond donors (Lipinski definition) is 0. The first-order chi connectivity index (χ1) is 4.83. The predicted molar refractivity (Wildman–Crippen MR) is 41.4 cm³/mol. The van der Waals surface area contributed by atoms with Gasteiger partial charge in [0.05, 0.1) is 5.75 Å². The molecule has 0 spiro atoms. The molecule has 5 heteroatoms. The van der Waals surface area contributed by atoms with Crippen molar-refractivity contribution in [2.75, 3.05) is 5.75 Å². The lowest BCUT2D eigenvalue weighted by Crippen LogP contribution is -1.77. The van der Waals surface area contributed by atoms with Crippen LogP contribution < -0.4 is 0 Å². The molecule has 0 aliphatic heterocycles. The minimum atomic E-state index is 0.467. The molecule has 0 radical (unpaired) electrons. The van der Waals surface area contributed by atoms with Crippen molar-refractivity contribution in [1.29, 1.82) is 0 Å². The molecule has 0 atom stereocenters. The van der Waals surface area contributed by atoms with Crippen molar-refractivity contribution in [3.05, 3.63) is 5.82 Å². The highest BCUT2D eigenvalue weighted by Crippen LogP contribution is 2.18. The second-order valence-electron chi connectivity index (χ2n) is 1.59. The van der Waals surface area contributed by atoms with Crippen molar-refractivity contribution >= 4 is 29.6 Å². The SMILES string of the molecule is Cc1nsc(SCC=O)n1. The molecule has 1 rings (SSSR count). The largest absolute Gasteiger partial charge is 0.302 e. The molecule has 1 aromatic rings. The van der Waals surface area contributed by atoms with Crippen LogP contribution in [0, 0.1) is 6.92 Å². The highest BCUT2D eigenvalue weighted by atomic mass is 32.2. The van der Waals surface area contributed by atoms with Gasteiger partial charge in [-0.3, -0.25) is 0 Å². The molecule has 0 bridgehead atoms. The molecule has 0 aliphatic carbocycles. The van der Waals surface area contributed by atoms with E-state index in [-0.39, 0.29) is 0 Å². The molecule has 54 valence electrons. The van der Waals surface area contributed by atoms with Crippen molar-refractivity contribution < 1.29 is 4.79 Å². The van der Waals surface area contributed by atoms with Gasteiger partial charge in [-0.05, 0) is 18.5 Å². The average Bonchev–Trinajstić information content (AvgIpc) is 2.31. The topological polar surface area (TPSA) is 42.9 Å². The molecule has 10 heavy (non-hydrogen) atoms. The fraction of sp³-hybridized carbons (Fsp3) is 0.400. The van der Waals surface area contributed by atoms with E-state index < -0.39 is 0 Å². The van der Waals surface area contributed by atoms with Crippen molar-refractivity contribution in [2.45, 2.75) is 11.3 Å². The van der Waals surface area contributed by atoms with Crippen LogP contribution in [0.15, 0.2) is 4.34 Å². The Bertz CT molecular complexity index is 223. The first-order valence-electron chi connectivity index (χ1n) is 2.69. The number of thioether (sulfide) groups is 1. The van der Waals surface area contributed by atoms with E-state index in [1.54, 1.807) is 0 Å². The van der Waals surface area contributed by atoms with Crippen molar-refractivity contribution in [3.8, 4) is 0 Å². The zero-order valence-corrected chi connectivity index (χ0v) is 7.04. The van der Waals surface area contributed by atoms with Gasteiger partial charge < -0.3 is 4.79 Å². The third-order valence-electron chi connectivity index (χ3n) is 0.784. The molecule has 0 N–H and O–H groups in total. The second kappa shape index (κ2) is 3.68. The standard InChI is InChI=1S/C5H6N2OS2/c1-4-6-5(10-7-4)9-3-2-8/h2H,3H2,1H3. The summed E-state index contributed by atoms with van der Waals surface area (Å²) in [6, 6.07) is 0. The Kier molecular flexibility index (Phi) is 2.82.